The van der Waals surface area contributed by atoms with Crippen molar-refractivity contribution in [3.05, 3.63) is 58.4 Å². The van der Waals surface area contributed by atoms with Gasteiger partial charge in [-0.15, -0.1) is 11.3 Å². The van der Waals surface area contributed by atoms with E-state index in [1.807, 2.05) is 58.0 Å². The lowest BCUT2D eigenvalue weighted by atomic mass is 9.89. The maximum absolute atomic E-state index is 12.6. The first kappa shape index (κ1) is 23.9. The average molecular weight is 504 g/mol. The number of carbonyl (C=O) groups excluding carboxylic acids is 1. The van der Waals surface area contributed by atoms with Crippen LogP contribution in [0.1, 0.15) is 53.4 Å². The molecule has 0 saturated carbocycles. The number of aliphatic carboxylic acids is 1. The largest absolute Gasteiger partial charge is 0.479 e. The fraction of sp³-hybridized carbons (Fsp3) is 0.259. The number of hydrogen-bond acceptors (Lipinski definition) is 7. The lowest BCUT2D eigenvalue weighted by Gasteiger charge is -2.28. The van der Waals surface area contributed by atoms with E-state index < -0.39 is 17.7 Å². The van der Waals surface area contributed by atoms with Crippen molar-refractivity contribution in [3.63, 3.8) is 0 Å². The number of hydrogen-bond donors (Lipinski definition) is 2. The molecule has 2 aromatic carbocycles. The van der Waals surface area contributed by atoms with Gasteiger partial charge in [-0.1, -0.05) is 0 Å². The molecule has 36 heavy (non-hydrogen) atoms. The van der Waals surface area contributed by atoms with E-state index in [0.717, 1.165) is 10.9 Å². The van der Waals surface area contributed by atoms with Crippen LogP contribution in [0.15, 0.2) is 36.7 Å². The Bertz CT molecular complexity index is 1580. The second-order valence-electron chi connectivity index (χ2n) is 9.53. The number of aryl methyl sites for hydroxylation is 1. The van der Waals surface area contributed by atoms with Gasteiger partial charge in [-0.25, -0.2) is 9.78 Å². The predicted octanol–water partition coefficient (Wildman–Crippen LogP) is 5.48. The normalized spacial score (nSPS) is 13.6. The molecule has 5 rings (SSSR count). The van der Waals surface area contributed by atoms with Gasteiger partial charge in [-0.05, 0) is 69.2 Å². The Labute approximate surface area is 211 Å². The number of thiazole rings is 1. The molecule has 9 heteroatoms. The Morgan fingerprint density at radius 2 is 2.00 bits per heavy atom. The molecular weight excluding hydrogens is 478 g/mol. The first-order valence-electron chi connectivity index (χ1n) is 11.4. The predicted molar refractivity (Wildman–Crippen MR) is 139 cm³/mol. The number of benzene rings is 2. The highest BCUT2D eigenvalue weighted by Crippen LogP contribution is 2.46. The summed E-state index contributed by atoms with van der Waals surface area (Å²) in [4.78, 5) is 34.3. The van der Waals surface area contributed by atoms with Gasteiger partial charge < -0.3 is 19.9 Å². The fourth-order valence-electron chi connectivity index (χ4n) is 4.49. The van der Waals surface area contributed by atoms with Crippen molar-refractivity contribution in [1.29, 1.82) is 0 Å². The summed E-state index contributed by atoms with van der Waals surface area (Å²) >= 11 is 1.21. The van der Waals surface area contributed by atoms with Crippen molar-refractivity contribution in [2.75, 3.05) is 7.05 Å². The van der Waals surface area contributed by atoms with Crippen LogP contribution in [-0.2, 0) is 9.53 Å². The van der Waals surface area contributed by atoms with Crippen molar-refractivity contribution in [3.8, 4) is 16.9 Å². The van der Waals surface area contributed by atoms with Gasteiger partial charge in [0.15, 0.2) is 11.1 Å². The molecule has 1 aliphatic heterocycles. The third-order valence-electron chi connectivity index (χ3n) is 5.91. The Hall–Kier alpha value is -3.82. The number of amides is 1. The number of ether oxygens (including phenoxy) is 2. The number of nitrogens with zero attached hydrogens (tertiary/aromatic N) is 2. The van der Waals surface area contributed by atoms with E-state index in [9.17, 15) is 14.7 Å². The van der Waals surface area contributed by atoms with Crippen molar-refractivity contribution in [2.45, 2.75) is 39.4 Å². The minimum atomic E-state index is -1.25. The van der Waals surface area contributed by atoms with E-state index in [0.29, 0.717) is 43.7 Å². The lowest BCUT2D eigenvalue weighted by molar-refractivity contribution is -0.160. The van der Waals surface area contributed by atoms with Crippen LogP contribution in [0.3, 0.4) is 0 Å². The van der Waals surface area contributed by atoms with Gasteiger partial charge in [0.05, 0.1) is 33.0 Å². The molecule has 3 heterocycles. The van der Waals surface area contributed by atoms with E-state index in [-0.39, 0.29) is 10.9 Å². The number of nitrogens with one attached hydrogen (secondary N) is 1. The first-order valence-corrected chi connectivity index (χ1v) is 12.2. The molecule has 2 aromatic heterocycles. The Kier molecular flexibility index (Phi) is 5.77. The second-order valence-corrected chi connectivity index (χ2v) is 10.5. The van der Waals surface area contributed by atoms with E-state index in [1.54, 1.807) is 19.5 Å². The number of carbonyl (C=O) groups is 2. The minimum absolute atomic E-state index is 0.288. The Morgan fingerprint density at radius 1 is 1.22 bits per heavy atom. The van der Waals surface area contributed by atoms with Crippen LogP contribution in [0.5, 0.6) is 5.75 Å². The van der Waals surface area contributed by atoms with E-state index in [2.05, 4.69) is 15.3 Å². The summed E-state index contributed by atoms with van der Waals surface area (Å²) in [5.74, 6) is -0.747. The van der Waals surface area contributed by atoms with Crippen molar-refractivity contribution in [1.82, 2.24) is 15.3 Å². The van der Waals surface area contributed by atoms with Crippen LogP contribution < -0.4 is 10.1 Å². The summed E-state index contributed by atoms with van der Waals surface area (Å²) in [6.45, 7) is 7.30. The quantitative estimate of drug-likeness (QED) is 0.371. The topological polar surface area (TPSA) is 111 Å². The van der Waals surface area contributed by atoms with Gasteiger partial charge in [0.1, 0.15) is 5.75 Å². The molecule has 1 atom stereocenters. The highest BCUT2D eigenvalue weighted by molar-refractivity contribution is 7.20. The molecule has 0 unspecified atom stereocenters. The van der Waals surface area contributed by atoms with Gasteiger partial charge in [0.2, 0.25) is 0 Å². The molecular formula is C27H25N3O5S. The smallest absolute Gasteiger partial charge is 0.337 e. The van der Waals surface area contributed by atoms with Crippen LogP contribution >= 0.6 is 11.3 Å². The zero-order chi connectivity index (χ0) is 25.8. The van der Waals surface area contributed by atoms with Crippen molar-refractivity contribution < 1.29 is 24.2 Å². The summed E-state index contributed by atoms with van der Waals surface area (Å²) < 4.78 is 12.5. The number of carboxylic acids is 1. The molecule has 0 aliphatic carbocycles. The standard InChI is InChI=1S/C27H25N3O5S/c1-13-12-16-23(36-25(30-16)24(31)28-5)20(18(13)22(26(32)33)35-27(2,3)4)15-6-7-17-19-14(9-11-34-17)8-10-29-21(15)19/h6-12,22H,1-5H3,(H,28,31)(H,32,33)/t22-/m0/s1. The van der Waals surface area contributed by atoms with Crippen LogP contribution in [0.4, 0.5) is 0 Å². The molecule has 1 amide bonds. The van der Waals surface area contributed by atoms with Crippen LogP contribution in [-0.4, -0.2) is 39.6 Å². The maximum atomic E-state index is 12.6. The van der Waals surface area contributed by atoms with Crippen molar-refractivity contribution in [2.24, 2.45) is 0 Å². The molecule has 184 valence electrons. The van der Waals surface area contributed by atoms with Crippen LogP contribution in [0.25, 0.3) is 38.3 Å². The number of carboxylic acid groups (broad SMARTS) is 1. The number of pyridine rings is 1. The third-order valence-corrected chi connectivity index (χ3v) is 6.99. The minimum Gasteiger partial charge on any atom is -0.479 e. The molecule has 4 aromatic rings. The molecule has 0 spiro atoms. The monoisotopic (exact) mass is 503 g/mol. The molecule has 1 aliphatic rings. The highest BCUT2D eigenvalue weighted by Gasteiger charge is 2.33. The van der Waals surface area contributed by atoms with Gasteiger partial charge >= 0.3 is 5.97 Å². The number of aromatic nitrogens is 2. The molecule has 2 N–H and O–H groups in total. The number of rotatable bonds is 5. The molecule has 0 saturated heterocycles. The Morgan fingerprint density at radius 3 is 2.69 bits per heavy atom. The molecule has 0 fully saturated rings. The van der Waals surface area contributed by atoms with E-state index >= 15 is 0 Å². The van der Waals surface area contributed by atoms with Gasteiger partial charge in [-0.2, -0.15) is 0 Å². The maximum Gasteiger partial charge on any atom is 0.337 e. The van der Waals surface area contributed by atoms with Gasteiger partial charge in [-0.3, -0.25) is 9.78 Å². The highest BCUT2D eigenvalue weighted by atomic mass is 32.1. The van der Waals surface area contributed by atoms with Crippen LogP contribution in [0, 0.1) is 6.92 Å². The molecule has 8 nitrogen and oxygen atoms in total. The second kappa shape index (κ2) is 8.69. The third kappa shape index (κ3) is 4.00. The number of fused-ring (bicyclic) bond motifs is 1. The zero-order valence-electron chi connectivity index (χ0n) is 20.5. The summed E-state index contributed by atoms with van der Waals surface area (Å²) in [7, 11) is 1.55. The zero-order valence-corrected chi connectivity index (χ0v) is 21.3. The SMILES string of the molecule is CNC(=O)c1nc2cc(C)c([C@H](OC(C)(C)C)C(=O)O)c(-c3ccc4c5c(ccnc35)C=CO4)c2s1. The first-order chi connectivity index (χ1) is 17.1. The van der Waals surface area contributed by atoms with Gasteiger partial charge in [0.25, 0.3) is 5.91 Å². The fourth-order valence-corrected chi connectivity index (χ4v) is 5.55. The summed E-state index contributed by atoms with van der Waals surface area (Å²) in [6, 6.07) is 7.44. The Balaban J connectivity index is 1.92. The lowest BCUT2D eigenvalue weighted by Crippen LogP contribution is -2.28. The summed E-state index contributed by atoms with van der Waals surface area (Å²) in [6.07, 6.45) is 3.96. The van der Waals surface area contributed by atoms with E-state index in [4.69, 9.17) is 9.47 Å². The summed E-state index contributed by atoms with van der Waals surface area (Å²) in [5.41, 5.74) is 4.05. The average Bonchev–Trinajstić information content (AvgIpc) is 3.25. The van der Waals surface area contributed by atoms with Crippen LogP contribution in [0.2, 0.25) is 0 Å². The van der Waals surface area contributed by atoms with Crippen molar-refractivity contribution >= 4 is 50.4 Å². The molecule has 0 radical (unpaired) electrons. The van der Waals surface area contributed by atoms with Gasteiger partial charge in [0, 0.05) is 29.9 Å². The van der Waals surface area contributed by atoms with E-state index in [1.165, 1.54) is 11.3 Å². The molecule has 0 bridgehead atoms. The summed E-state index contributed by atoms with van der Waals surface area (Å²) in [5, 5.41) is 14.0.